The van der Waals surface area contributed by atoms with Gasteiger partial charge in [0.15, 0.2) is 17.1 Å². The average Bonchev–Trinajstić information content (AvgIpc) is 2.89. The van der Waals surface area contributed by atoms with E-state index in [1.165, 1.54) is 7.11 Å². The summed E-state index contributed by atoms with van der Waals surface area (Å²) in [6.45, 7) is 2.22. The summed E-state index contributed by atoms with van der Waals surface area (Å²) in [5.41, 5.74) is 2.71. The van der Waals surface area contributed by atoms with Crippen LogP contribution >= 0.6 is 0 Å². The number of esters is 1. The van der Waals surface area contributed by atoms with Gasteiger partial charge in [-0.05, 0) is 24.6 Å². The summed E-state index contributed by atoms with van der Waals surface area (Å²) in [5.74, 6) is 0.217. The molecule has 3 rings (SSSR count). The van der Waals surface area contributed by atoms with Crippen LogP contribution in [0, 0.1) is 6.92 Å². The first-order valence-corrected chi connectivity index (χ1v) is 6.93. The van der Waals surface area contributed by atoms with Crippen LogP contribution in [0.25, 0.3) is 5.65 Å². The third-order valence-electron chi connectivity index (χ3n) is 3.40. The van der Waals surface area contributed by atoms with Gasteiger partial charge < -0.3 is 9.47 Å². The third-order valence-corrected chi connectivity index (χ3v) is 3.40. The lowest BCUT2D eigenvalue weighted by Crippen LogP contribution is -2.07. The zero-order chi connectivity index (χ0) is 15.5. The van der Waals surface area contributed by atoms with E-state index < -0.39 is 5.97 Å². The summed E-state index contributed by atoms with van der Waals surface area (Å²) in [4.78, 5) is 16.3. The van der Waals surface area contributed by atoms with Gasteiger partial charge in [0.1, 0.15) is 6.61 Å². The largest absolute Gasteiger partial charge is 0.485 e. The van der Waals surface area contributed by atoms with E-state index in [4.69, 9.17) is 9.47 Å². The van der Waals surface area contributed by atoms with Crippen LogP contribution in [0.2, 0.25) is 0 Å². The molecule has 0 atom stereocenters. The molecule has 0 unspecified atom stereocenters. The van der Waals surface area contributed by atoms with Crippen molar-refractivity contribution in [2.75, 3.05) is 7.11 Å². The lowest BCUT2D eigenvalue weighted by molar-refractivity contribution is 0.0592. The van der Waals surface area contributed by atoms with Crippen molar-refractivity contribution in [1.82, 2.24) is 9.38 Å². The fourth-order valence-corrected chi connectivity index (χ4v) is 2.35. The molecule has 0 bridgehead atoms. The van der Waals surface area contributed by atoms with Crippen LogP contribution in [0.3, 0.4) is 0 Å². The molecule has 2 aromatic heterocycles. The van der Waals surface area contributed by atoms with Crippen molar-refractivity contribution in [3.05, 3.63) is 65.6 Å². The van der Waals surface area contributed by atoms with Gasteiger partial charge in [0, 0.05) is 6.20 Å². The van der Waals surface area contributed by atoms with E-state index in [-0.39, 0.29) is 0 Å². The number of ether oxygens (including phenoxy) is 2. The van der Waals surface area contributed by atoms with Crippen molar-refractivity contribution in [2.45, 2.75) is 13.5 Å². The van der Waals surface area contributed by atoms with Crippen LogP contribution in [-0.2, 0) is 11.3 Å². The summed E-state index contributed by atoms with van der Waals surface area (Å²) in [7, 11) is 1.36. The van der Waals surface area contributed by atoms with E-state index >= 15 is 0 Å². The van der Waals surface area contributed by atoms with E-state index in [0.29, 0.717) is 29.4 Å². The van der Waals surface area contributed by atoms with Crippen LogP contribution in [0.5, 0.6) is 5.75 Å². The lowest BCUT2D eigenvalue weighted by Gasteiger charge is -2.08. The zero-order valence-electron chi connectivity index (χ0n) is 12.4. The number of rotatable bonds is 4. The summed E-state index contributed by atoms with van der Waals surface area (Å²) in [6, 6.07) is 13.5. The molecule has 3 aromatic rings. The van der Waals surface area contributed by atoms with Gasteiger partial charge >= 0.3 is 5.97 Å². The van der Waals surface area contributed by atoms with Gasteiger partial charge in [-0.2, -0.15) is 0 Å². The fraction of sp³-hybridized carbons (Fsp3) is 0.176. The number of aromatic nitrogens is 2. The molecule has 0 aliphatic rings. The Balaban J connectivity index is 1.96. The predicted molar refractivity (Wildman–Crippen MR) is 82.0 cm³/mol. The standard InChI is InChI=1S/C17H16N2O3/c1-12-15(17(20)21-2)19-10-6-9-14(16(19)18-12)22-11-13-7-4-3-5-8-13/h3-10H,11H2,1-2H3. The first kappa shape index (κ1) is 14.1. The van der Waals surface area contributed by atoms with Gasteiger partial charge in [0.25, 0.3) is 0 Å². The molecule has 1 aromatic carbocycles. The van der Waals surface area contributed by atoms with Crippen molar-refractivity contribution < 1.29 is 14.3 Å². The van der Waals surface area contributed by atoms with E-state index in [2.05, 4.69) is 4.98 Å². The maximum atomic E-state index is 11.9. The second-order valence-corrected chi connectivity index (χ2v) is 4.88. The number of carbonyl (C=O) groups excluding carboxylic acids is 1. The average molecular weight is 296 g/mol. The molecule has 22 heavy (non-hydrogen) atoms. The molecule has 112 valence electrons. The van der Waals surface area contributed by atoms with E-state index in [0.717, 1.165) is 5.56 Å². The number of hydrogen-bond acceptors (Lipinski definition) is 4. The fourth-order valence-electron chi connectivity index (χ4n) is 2.35. The minimum Gasteiger partial charge on any atom is -0.485 e. The Morgan fingerprint density at radius 3 is 2.68 bits per heavy atom. The van der Waals surface area contributed by atoms with Gasteiger partial charge in [-0.15, -0.1) is 0 Å². The molecule has 0 saturated heterocycles. The van der Waals surface area contributed by atoms with E-state index in [1.54, 1.807) is 17.5 Å². The van der Waals surface area contributed by atoms with Crippen molar-refractivity contribution in [1.29, 1.82) is 0 Å². The van der Waals surface area contributed by atoms with Crippen LogP contribution in [0.15, 0.2) is 48.7 Å². The Morgan fingerprint density at radius 1 is 1.18 bits per heavy atom. The Morgan fingerprint density at radius 2 is 1.95 bits per heavy atom. The number of hydrogen-bond donors (Lipinski definition) is 0. The number of nitrogens with zero attached hydrogens (tertiary/aromatic N) is 2. The van der Waals surface area contributed by atoms with Gasteiger partial charge in [-0.1, -0.05) is 30.3 Å². The van der Waals surface area contributed by atoms with Crippen LogP contribution < -0.4 is 4.74 Å². The molecule has 0 aliphatic heterocycles. The maximum absolute atomic E-state index is 11.9. The summed E-state index contributed by atoms with van der Waals surface area (Å²) < 4.78 is 12.4. The number of benzene rings is 1. The normalized spacial score (nSPS) is 10.6. The van der Waals surface area contributed by atoms with E-state index in [1.807, 2.05) is 42.5 Å². The van der Waals surface area contributed by atoms with Crippen molar-refractivity contribution in [3.63, 3.8) is 0 Å². The molecule has 0 aliphatic carbocycles. The second-order valence-electron chi connectivity index (χ2n) is 4.88. The highest BCUT2D eigenvalue weighted by atomic mass is 16.5. The van der Waals surface area contributed by atoms with Crippen LogP contribution in [0.4, 0.5) is 0 Å². The SMILES string of the molecule is COC(=O)c1c(C)nc2c(OCc3ccccc3)cccn12. The first-order valence-electron chi connectivity index (χ1n) is 6.93. The molecule has 0 amide bonds. The molecule has 5 heteroatoms. The Kier molecular flexibility index (Phi) is 3.78. The molecule has 0 spiro atoms. The lowest BCUT2D eigenvalue weighted by atomic mass is 10.2. The Bertz CT molecular complexity index is 809. The van der Waals surface area contributed by atoms with Gasteiger partial charge in [-0.3, -0.25) is 4.40 Å². The summed E-state index contributed by atoms with van der Waals surface area (Å²) in [6.07, 6.45) is 1.77. The molecule has 0 radical (unpaired) electrons. The third kappa shape index (κ3) is 2.53. The van der Waals surface area contributed by atoms with Gasteiger partial charge in [-0.25, -0.2) is 9.78 Å². The maximum Gasteiger partial charge on any atom is 0.356 e. The monoisotopic (exact) mass is 296 g/mol. The molecule has 0 N–H and O–H groups in total. The van der Waals surface area contributed by atoms with Crippen molar-refractivity contribution >= 4 is 11.6 Å². The molecule has 5 nitrogen and oxygen atoms in total. The number of carbonyl (C=O) groups is 1. The second kappa shape index (κ2) is 5.89. The van der Waals surface area contributed by atoms with Crippen molar-refractivity contribution in [3.8, 4) is 5.75 Å². The zero-order valence-corrected chi connectivity index (χ0v) is 12.4. The van der Waals surface area contributed by atoms with Gasteiger partial charge in [0.2, 0.25) is 0 Å². The highest BCUT2D eigenvalue weighted by molar-refractivity contribution is 5.90. The number of aryl methyl sites for hydroxylation is 1. The molecule has 0 saturated carbocycles. The molecular formula is C17H16N2O3. The van der Waals surface area contributed by atoms with Crippen LogP contribution in [-0.4, -0.2) is 22.5 Å². The predicted octanol–water partition coefficient (Wildman–Crippen LogP) is 3.01. The molecule has 2 heterocycles. The number of pyridine rings is 1. The highest BCUT2D eigenvalue weighted by Gasteiger charge is 2.19. The first-order chi connectivity index (χ1) is 10.7. The highest BCUT2D eigenvalue weighted by Crippen LogP contribution is 2.23. The smallest absolute Gasteiger partial charge is 0.356 e. The number of methoxy groups -OCH3 is 1. The molecular weight excluding hydrogens is 280 g/mol. The Labute approximate surface area is 128 Å². The van der Waals surface area contributed by atoms with Crippen LogP contribution in [0.1, 0.15) is 21.7 Å². The quantitative estimate of drug-likeness (QED) is 0.694. The number of imidazole rings is 1. The van der Waals surface area contributed by atoms with Gasteiger partial charge in [0.05, 0.1) is 12.8 Å². The minimum atomic E-state index is -0.412. The topological polar surface area (TPSA) is 52.8 Å². The molecule has 0 fully saturated rings. The minimum absolute atomic E-state index is 0.412. The van der Waals surface area contributed by atoms with E-state index in [9.17, 15) is 4.79 Å². The number of fused-ring (bicyclic) bond motifs is 1. The van der Waals surface area contributed by atoms with Crippen molar-refractivity contribution in [2.24, 2.45) is 0 Å². The summed E-state index contributed by atoms with van der Waals surface area (Å²) in [5, 5.41) is 0. The Hall–Kier alpha value is -2.82. The summed E-state index contributed by atoms with van der Waals surface area (Å²) >= 11 is 0.